The van der Waals surface area contributed by atoms with Gasteiger partial charge in [-0.25, -0.2) is 19.3 Å². The van der Waals surface area contributed by atoms with E-state index in [0.29, 0.717) is 54.5 Å². The molecule has 2 N–H and O–H groups in total. The minimum Gasteiger partial charge on any atom is -0.355 e. The molecule has 1 saturated carbocycles. The van der Waals surface area contributed by atoms with Crippen LogP contribution in [-0.2, 0) is 27.3 Å². The largest absolute Gasteiger partial charge is 0.355 e. The zero-order valence-corrected chi connectivity index (χ0v) is 31.8. The van der Waals surface area contributed by atoms with Gasteiger partial charge in [0.2, 0.25) is 17.7 Å². The second kappa shape index (κ2) is 15.2. The summed E-state index contributed by atoms with van der Waals surface area (Å²) in [5, 5.41) is 11.2. The number of unbranched alkanes of at least 4 members (excludes halogenated alkanes) is 2. The Morgan fingerprint density at radius 1 is 1.02 bits per heavy atom. The lowest BCUT2D eigenvalue weighted by Crippen LogP contribution is -2.47. The predicted octanol–water partition coefficient (Wildman–Crippen LogP) is 6.26. The number of hydrogen-bond donors (Lipinski definition) is 2. The molecule has 14 heteroatoms. The van der Waals surface area contributed by atoms with Crippen LogP contribution in [0.5, 0.6) is 0 Å². The maximum atomic E-state index is 14.5. The van der Waals surface area contributed by atoms with Crippen LogP contribution in [-0.4, -0.2) is 71.8 Å². The van der Waals surface area contributed by atoms with Crippen LogP contribution in [0.2, 0.25) is 0 Å². The number of ketones is 1. The molecule has 2 fully saturated rings. The van der Waals surface area contributed by atoms with E-state index in [4.69, 9.17) is 5.10 Å². The number of rotatable bonds is 14. The number of halogens is 2. The van der Waals surface area contributed by atoms with Gasteiger partial charge in [0, 0.05) is 54.7 Å². The number of nitrogens with one attached hydrogen (secondary N) is 2. The van der Waals surface area contributed by atoms with E-state index in [2.05, 4.69) is 48.4 Å². The van der Waals surface area contributed by atoms with E-state index in [9.17, 15) is 23.6 Å². The van der Waals surface area contributed by atoms with Crippen molar-refractivity contribution in [3.05, 3.63) is 63.7 Å². The molecule has 4 aromatic rings. The van der Waals surface area contributed by atoms with Crippen molar-refractivity contribution in [1.29, 1.82) is 0 Å². The van der Waals surface area contributed by atoms with Crippen molar-refractivity contribution in [2.24, 2.45) is 5.41 Å². The summed E-state index contributed by atoms with van der Waals surface area (Å²) in [5.41, 5.74) is 3.53. The highest BCUT2D eigenvalue weighted by atomic mass is 79.9. The fourth-order valence-electron chi connectivity index (χ4n) is 7.31. The van der Waals surface area contributed by atoms with Crippen molar-refractivity contribution in [3.63, 3.8) is 0 Å². The predicted molar refractivity (Wildman–Crippen MR) is 198 cm³/mol. The maximum absolute atomic E-state index is 14.5. The summed E-state index contributed by atoms with van der Waals surface area (Å²) in [6.07, 6.45) is 9.09. The van der Waals surface area contributed by atoms with Crippen LogP contribution in [0, 0.1) is 25.1 Å². The number of carbonyl (C=O) groups is 4. The highest BCUT2D eigenvalue weighted by molar-refractivity contribution is 9.10. The highest BCUT2D eigenvalue weighted by Crippen LogP contribution is 2.59. The van der Waals surface area contributed by atoms with Crippen molar-refractivity contribution in [2.75, 3.05) is 11.9 Å². The molecule has 1 aliphatic heterocycles. The van der Waals surface area contributed by atoms with Crippen LogP contribution in [0.15, 0.2) is 35.2 Å². The summed E-state index contributed by atoms with van der Waals surface area (Å²) in [6, 6.07) is 4.08. The third-order valence-electron chi connectivity index (χ3n) is 10.2. The first-order valence-electron chi connectivity index (χ1n) is 17.9. The van der Waals surface area contributed by atoms with Gasteiger partial charge in [0.15, 0.2) is 11.6 Å². The average molecular weight is 776 g/mol. The average Bonchev–Trinajstić information content (AvgIpc) is 3.52. The quantitative estimate of drug-likeness (QED) is 0.113. The number of hydrogen-bond acceptors (Lipinski definition) is 8. The Hall–Kier alpha value is -4.59. The van der Waals surface area contributed by atoms with E-state index >= 15 is 0 Å². The van der Waals surface area contributed by atoms with Crippen LogP contribution >= 0.6 is 15.9 Å². The topological polar surface area (TPSA) is 152 Å². The Labute approximate surface area is 310 Å². The number of aryl methyl sites for hydroxylation is 3. The van der Waals surface area contributed by atoms with Gasteiger partial charge in [-0.3, -0.25) is 23.9 Å². The molecule has 1 saturated heterocycles. The first kappa shape index (κ1) is 37.2. The van der Waals surface area contributed by atoms with E-state index in [0.717, 1.165) is 42.4 Å². The SMILES string of the molecule is CCCCC(=O)NC[C@@]12C[C@@H](C(=O)Nc3nc(Br)c(F)cc3C)N(C(=O)Cn3nc(C(C)=O)c4cc(-c5cnc(C)nc5)cc(CCCC)c43)[C@@H]1C2. The highest BCUT2D eigenvalue weighted by Gasteiger charge is 2.67. The third kappa shape index (κ3) is 7.48. The number of pyridine rings is 1. The number of anilines is 1. The number of piperidine rings is 1. The monoisotopic (exact) mass is 774 g/mol. The molecule has 4 heterocycles. The van der Waals surface area contributed by atoms with Crippen molar-refractivity contribution in [3.8, 4) is 11.1 Å². The van der Waals surface area contributed by atoms with Gasteiger partial charge in [-0.1, -0.05) is 26.7 Å². The number of benzene rings is 1. The summed E-state index contributed by atoms with van der Waals surface area (Å²) in [6.45, 7) is 9.19. The van der Waals surface area contributed by atoms with Crippen LogP contribution in [0.3, 0.4) is 0 Å². The lowest BCUT2D eigenvalue weighted by atomic mass is 9.97. The molecule has 1 aromatic carbocycles. The maximum Gasteiger partial charge on any atom is 0.248 e. The Morgan fingerprint density at radius 3 is 2.44 bits per heavy atom. The van der Waals surface area contributed by atoms with Gasteiger partial charge in [-0.2, -0.15) is 5.10 Å². The molecule has 3 atom stereocenters. The molecule has 3 amide bonds. The van der Waals surface area contributed by atoms with Gasteiger partial charge in [-0.15, -0.1) is 0 Å². The van der Waals surface area contributed by atoms with Crippen LogP contribution in [0.25, 0.3) is 22.0 Å². The second-order valence-corrected chi connectivity index (χ2v) is 14.9. The molecule has 12 nitrogen and oxygen atoms in total. The summed E-state index contributed by atoms with van der Waals surface area (Å²) >= 11 is 3.09. The minimum absolute atomic E-state index is 0.0364. The number of fused-ring (bicyclic) bond motifs is 2. The van der Waals surface area contributed by atoms with Crippen molar-refractivity contribution < 1.29 is 23.6 Å². The Morgan fingerprint density at radius 2 is 1.75 bits per heavy atom. The summed E-state index contributed by atoms with van der Waals surface area (Å²) < 4.78 is 15.7. The van der Waals surface area contributed by atoms with E-state index in [1.165, 1.54) is 13.0 Å². The fourth-order valence-corrected chi connectivity index (χ4v) is 7.60. The molecule has 274 valence electrons. The molecular formula is C38H44BrFN8O4. The molecule has 0 radical (unpaired) electrons. The van der Waals surface area contributed by atoms with Crippen molar-refractivity contribution in [1.82, 2.24) is 34.9 Å². The normalized spacial score (nSPS) is 19.1. The molecule has 6 rings (SSSR count). The molecule has 2 aliphatic rings. The molecule has 0 unspecified atom stereocenters. The Bertz CT molecular complexity index is 2050. The number of amides is 3. The standard InChI is InChI=1S/C38H44BrFN8O4/c1-6-8-10-24-13-25(26-17-41-23(5)42-18-26)14-27-33(22(4)49)46-47(34(24)27)19-32(51)48-29(37(52)45-36-21(3)12-28(40)35(39)44-36)15-38(16-30(38)48)20-43-31(50)11-9-7-2/h12-14,17-18,29-30H,6-11,15-16,19-20H2,1-5H3,(H,43,50)(H,44,45,52)/t29-,30+,38-/m0/s1. The molecule has 52 heavy (non-hydrogen) atoms. The smallest absolute Gasteiger partial charge is 0.248 e. The lowest BCUT2D eigenvalue weighted by Gasteiger charge is -2.27. The number of aromatic nitrogens is 5. The van der Waals surface area contributed by atoms with Gasteiger partial charge in [-0.05, 0) is 96.8 Å². The number of likely N-dealkylation sites (tertiary alicyclic amines) is 1. The van der Waals surface area contributed by atoms with Gasteiger partial charge in [0.1, 0.15) is 34.5 Å². The van der Waals surface area contributed by atoms with E-state index in [-0.39, 0.29) is 46.3 Å². The first-order chi connectivity index (χ1) is 24.8. The van der Waals surface area contributed by atoms with Crippen molar-refractivity contribution >= 4 is 56.2 Å². The van der Waals surface area contributed by atoms with Crippen molar-refractivity contribution in [2.45, 2.75) is 105 Å². The molecular weight excluding hydrogens is 731 g/mol. The molecule has 0 spiro atoms. The van der Waals surface area contributed by atoms with Gasteiger partial charge < -0.3 is 15.5 Å². The summed E-state index contributed by atoms with van der Waals surface area (Å²) in [5.74, 6) is -0.787. The first-order valence-corrected chi connectivity index (χ1v) is 18.7. The van der Waals surface area contributed by atoms with Crippen LogP contribution < -0.4 is 10.6 Å². The van der Waals surface area contributed by atoms with E-state index < -0.39 is 23.2 Å². The van der Waals surface area contributed by atoms with Crippen LogP contribution in [0.1, 0.15) is 93.2 Å². The molecule has 0 bridgehead atoms. The summed E-state index contributed by atoms with van der Waals surface area (Å²) in [4.78, 5) is 68.6. The Kier molecular flexibility index (Phi) is 10.8. The minimum atomic E-state index is -0.870. The molecule has 1 aliphatic carbocycles. The van der Waals surface area contributed by atoms with Gasteiger partial charge in [0.25, 0.3) is 0 Å². The van der Waals surface area contributed by atoms with Crippen LogP contribution in [0.4, 0.5) is 10.2 Å². The van der Waals surface area contributed by atoms with E-state index in [1.54, 1.807) is 28.9 Å². The zero-order chi connectivity index (χ0) is 37.3. The second-order valence-electron chi connectivity index (χ2n) is 14.1. The number of Topliss-reactive ketones (excluding diaryl/α,β-unsaturated/α-hetero) is 1. The van der Waals surface area contributed by atoms with E-state index in [1.807, 2.05) is 26.0 Å². The Balaban J connectivity index is 1.35. The summed E-state index contributed by atoms with van der Waals surface area (Å²) in [7, 11) is 0. The lowest BCUT2D eigenvalue weighted by molar-refractivity contribution is -0.138. The van der Waals surface area contributed by atoms with Gasteiger partial charge in [0.05, 0.1) is 5.52 Å². The third-order valence-corrected chi connectivity index (χ3v) is 10.8. The fraction of sp³-hybridized carbons (Fsp3) is 0.474. The zero-order valence-electron chi connectivity index (χ0n) is 30.2. The number of carbonyl (C=O) groups excluding carboxylic acids is 4. The number of nitrogens with zero attached hydrogens (tertiary/aromatic N) is 6. The molecule has 3 aromatic heterocycles. The van der Waals surface area contributed by atoms with Gasteiger partial charge >= 0.3 is 0 Å².